The third-order valence-corrected chi connectivity index (χ3v) is 4.83. The Labute approximate surface area is 145 Å². The fourth-order valence-electron chi connectivity index (χ4n) is 3.58. The first kappa shape index (κ1) is 17.7. The average molecular weight is 348 g/mol. The molecule has 0 fully saturated rings. The van der Waals surface area contributed by atoms with Crippen molar-refractivity contribution in [3.63, 3.8) is 0 Å². The predicted molar refractivity (Wildman–Crippen MR) is 91.9 cm³/mol. The van der Waals surface area contributed by atoms with Gasteiger partial charge in [0.15, 0.2) is 0 Å². The summed E-state index contributed by atoms with van der Waals surface area (Å²) < 4.78 is 56.9. The molecule has 132 valence electrons. The molecule has 0 bridgehead atoms. The van der Waals surface area contributed by atoms with E-state index >= 15 is 0 Å². The van der Waals surface area contributed by atoms with E-state index in [0.717, 1.165) is 49.9 Å². The number of rotatable bonds is 4. The van der Waals surface area contributed by atoms with Crippen LogP contribution in [0.4, 0.5) is 17.6 Å². The summed E-state index contributed by atoms with van der Waals surface area (Å²) in [6, 6.07) is 5.38. The van der Waals surface area contributed by atoms with Gasteiger partial charge in [-0.2, -0.15) is 0 Å². The highest BCUT2D eigenvalue weighted by Crippen LogP contribution is 2.37. The number of hydrogen-bond donors (Lipinski definition) is 0. The second kappa shape index (κ2) is 7.42. The Kier molecular flexibility index (Phi) is 5.26. The Bertz CT molecular complexity index is 764. The third-order valence-electron chi connectivity index (χ3n) is 4.83. The molecule has 3 rings (SSSR count). The van der Waals surface area contributed by atoms with Gasteiger partial charge >= 0.3 is 0 Å². The van der Waals surface area contributed by atoms with E-state index < -0.39 is 28.8 Å². The van der Waals surface area contributed by atoms with Gasteiger partial charge in [-0.25, -0.2) is 17.6 Å². The van der Waals surface area contributed by atoms with Crippen LogP contribution >= 0.6 is 0 Å². The van der Waals surface area contributed by atoms with Crippen LogP contribution in [0.15, 0.2) is 36.4 Å². The number of hydrogen-bond acceptors (Lipinski definition) is 0. The van der Waals surface area contributed by atoms with Gasteiger partial charge in [-0.05, 0) is 60.6 Å². The maximum absolute atomic E-state index is 14.6. The van der Waals surface area contributed by atoms with Gasteiger partial charge in [0, 0.05) is 5.56 Å². The van der Waals surface area contributed by atoms with Crippen molar-refractivity contribution in [3.05, 3.63) is 65.2 Å². The summed E-state index contributed by atoms with van der Waals surface area (Å²) in [5, 5.41) is 0. The van der Waals surface area contributed by atoms with E-state index in [-0.39, 0.29) is 11.1 Å². The molecule has 0 amide bonds. The molecule has 4 heteroatoms. The first-order valence-corrected chi connectivity index (χ1v) is 8.64. The van der Waals surface area contributed by atoms with Gasteiger partial charge in [-0.15, -0.1) is 0 Å². The summed E-state index contributed by atoms with van der Waals surface area (Å²) >= 11 is 0. The van der Waals surface area contributed by atoms with Gasteiger partial charge in [-0.3, -0.25) is 0 Å². The standard InChI is InChI=1S/C21H20F4/c1-2-4-13-7-9-14(10-8-13)20-18(24)11-15(12-19(20)25)21-16(22)5-3-6-17(21)23/h3,5-6,9,11-13H,2,4,7-8,10H2,1H3. The zero-order chi connectivity index (χ0) is 18.0. The lowest BCUT2D eigenvalue weighted by Gasteiger charge is -2.22. The van der Waals surface area contributed by atoms with Crippen molar-refractivity contribution >= 4 is 5.57 Å². The molecule has 1 unspecified atom stereocenters. The number of allylic oxidation sites excluding steroid dienone is 2. The van der Waals surface area contributed by atoms with Crippen LogP contribution in [-0.2, 0) is 0 Å². The summed E-state index contributed by atoms with van der Waals surface area (Å²) in [6.07, 6.45) is 6.44. The molecule has 2 aromatic carbocycles. The Morgan fingerprint density at radius 3 is 2.08 bits per heavy atom. The largest absolute Gasteiger partial charge is 0.206 e. The molecule has 0 heterocycles. The molecule has 0 saturated carbocycles. The van der Waals surface area contributed by atoms with Crippen molar-refractivity contribution in [2.24, 2.45) is 5.92 Å². The molecule has 0 N–H and O–H groups in total. The maximum atomic E-state index is 14.6. The molecule has 1 aliphatic rings. The molecule has 0 saturated heterocycles. The first-order valence-electron chi connectivity index (χ1n) is 8.64. The third kappa shape index (κ3) is 3.63. The topological polar surface area (TPSA) is 0 Å². The Morgan fingerprint density at radius 2 is 1.56 bits per heavy atom. The zero-order valence-corrected chi connectivity index (χ0v) is 14.1. The Balaban J connectivity index is 1.97. The minimum absolute atomic E-state index is 0.0737. The molecule has 0 nitrogen and oxygen atoms in total. The SMILES string of the molecule is CCCC1CC=C(c2c(F)cc(-c3c(F)cccc3F)cc2F)CC1. The van der Waals surface area contributed by atoms with Gasteiger partial charge in [0.25, 0.3) is 0 Å². The zero-order valence-electron chi connectivity index (χ0n) is 14.1. The normalized spacial score (nSPS) is 17.5. The second-order valence-electron chi connectivity index (χ2n) is 6.57. The van der Waals surface area contributed by atoms with Gasteiger partial charge in [-0.1, -0.05) is 31.9 Å². The van der Waals surface area contributed by atoms with Crippen LogP contribution < -0.4 is 0 Å². The summed E-state index contributed by atoms with van der Waals surface area (Å²) in [5.41, 5.74) is 0.0282. The van der Waals surface area contributed by atoms with E-state index in [0.29, 0.717) is 17.9 Å². The van der Waals surface area contributed by atoms with Crippen LogP contribution in [0.1, 0.15) is 44.6 Å². The number of halogens is 4. The summed E-state index contributed by atoms with van der Waals surface area (Å²) in [6.45, 7) is 2.12. The molecule has 25 heavy (non-hydrogen) atoms. The molecular formula is C21H20F4. The van der Waals surface area contributed by atoms with Crippen molar-refractivity contribution in [3.8, 4) is 11.1 Å². The first-order chi connectivity index (χ1) is 12.0. The second-order valence-corrected chi connectivity index (χ2v) is 6.57. The van der Waals surface area contributed by atoms with E-state index in [1.165, 1.54) is 6.07 Å². The average Bonchev–Trinajstić information content (AvgIpc) is 2.56. The molecule has 1 atom stereocenters. The van der Waals surface area contributed by atoms with Gasteiger partial charge in [0.2, 0.25) is 0 Å². The van der Waals surface area contributed by atoms with Crippen LogP contribution in [0.2, 0.25) is 0 Å². The van der Waals surface area contributed by atoms with E-state index in [1.54, 1.807) is 0 Å². The molecular weight excluding hydrogens is 328 g/mol. The maximum Gasteiger partial charge on any atom is 0.134 e. The summed E-state index contributed by atoms with van der Waals surface area (Å²) in [7, 11) is 0. The van der Waals surface area contributed by atoms with E-state index in [2.05, 4.69) is 6.92 Å². The molecule has 0 radical (unpaired) electrons. The Hall–Kier alpha value is -2.10. The van der Waals surface area contributed by atoms with Crippen molar-refractivity contribution in [2.75, 3.05) is 0 Å². The predicted octanol–water partition coefficient (Wildman–Crippen LogP) is 6.89. The highest BCUT2D eigenvalue weighted by Gasteiger charge is 2.22. The molecule has 0 spiro atoms. The van der Waals surface area contributed by atoms with Gasteiger partial charge in [0.1, 0.15) is 23.3 Å². The fraction of sp³-hybridized carbons (Fsp3) is 0.333. The fourth-order valence-corrected chi connectivity index (χ4v) is 3.58. The van der Waals surface area contributed by atoms with Crippen LogP contribution in [0, 0.1) is 29.2 Å². The Morgan fingerprint density at radius 1 is 0.920 bits per heavy atom. The van der Waals surface area contributed by atoms with Crippen LogP contribution in [0.3, 0.4) is 0 Å². The molecule has 2 aromatic rings. The lowest BCUT2D eigenvalue weighted by molar-refractivity contribution is 0.443. The smallest absolute Gasteiger partial charge is 0.134 e. The van der Waals surface area contributed by atoms with E-state index in [1.807, 2.05) is 6.08 Å². The molecule has 0 aliphatic heterocycles. The molecule has 1 aliphatic carbocycles. The van der Waals surface area contributed by atoms with Crippen LogP contribution in [0.25, 0.3) is 16.7 Å². The summed E-state index contributed by atoms with van der Waals surface area (Å²) in [4.78, 5) is 0. The monoisotopic (exact) mass is 348 g/mol. The number of benzene rings is 2. The van der Waals surface area contributed by atoms with E-state index in [4.69, 9.17) is 0 Å². The summed E-state index contributed by atoms with van der Waals surface area (Å²) in [5.74, 6) is -2.68. The van der Waals surface area contributed by atoms with Gasteiger partial charge in [0.05, 0.1) is 5.56 Å². The minimum atomic E-state index is -0.842. The highest BCUT2D eigenvalue weighted by atomic mass is 19.1. The minimum Gasteiger partial charge on any atom is -0.206 e. The van der Waals surface area contributed by atoms with Gasteiger partial charge < -0.3 is 0 Å². The molecule has 0 aromatic heterocycles. The lowest BCUT2D eigenvalue weighted by atomic mass is 9.84. The van der Waals surface area contributed by atoms with Crippen molar-refractivity contribution in [2.45, 2.75) is 39.0 Å². The quantitative estimate of drug-likeness (QED) is 0.528. The van der Waals surface area contributed by atoms with E-state index in [9.17, 15) is 17.6 Å². The van der Waals surface area contributed by atoms with Crippen molar-refractivity contribution < 1.29 is 17.6 Å². The van der Waals surface area contributed by atoms with Crippen molar-refractivity contribution in [1.29, 1.82) is 0 Å². The van der Waals surface area contributed by atoms with Crippen LogP contribution in [-0.4, -0.2) is 0 Å². The van der Waals surface area contributed by atoms with Crippen molar-refractivity contribution in [1.82, 2.24) is 0 Å². The highest BCUT2D eigenvalue weighted by molar-refractivity contribution is 5.72. The van der Waals surface area contributed by atoms with Crippen LogP contribution in [0.5, 0.6) is 0 Å². The lowest BCUT2D eigenvalue weighted by Crippen LogP contribution is -2.07.